The number of hydrogen-bond donors (Lipinski definition) is 0. The standard InChI is InChI=1S/C20H23F3N2O4/c1-4-28-24(12-26)11-15-18(25-9-5-6-17(25)27)14-10-13(20(21,22)23)7-8-16(14)29-19(15,2)3/h7-8,10,12H,4-6,9,11H2,1-3H3. The van der Waals surface area contributed by atoms with Crippen molar-refractivity contribution in [3.05, 3.63) is 34.9 Å². The zero-order valence-corrected chi connectivity index (χ0v) is 16.5. The molecule has 0 aliphatic carbocycles. The van der Waals surface area contributed by atoms with Gasteiger partial charge in [0.25, 0.3) is 0 Å². The molecule has 0 spiro atoms. The number of amides is 2. The third-order valence-corrected chi connectivity index (χ3v) is 5.01. The molecule has 0 bridgehead atoms. The number of alkyl halides is 3. The SMILES string of the molecule is CCON(C=O)CC1=C(N2CCCC2=O)c2cc(C(F)(F)F)ccc2OC1(C)C. The fourth-order valence-electron chi connectivity index (χ4n) is 3.66. The Bertz CT molecular complexity index is 849. The summed E-state index contributed by atoms with van der Waals surface area (Å²) >= 11 is 0. The molecule has 0 atom stereocenters. The number of benzene rings is 1. The zero-order valence-electron chi connectivity index (χ0n) is 16.5. The Morgan fingerprint density at radius 2 is 2.07 bits per heavy atom. The van der Waals surface area contributed by atoms with Crippen molar-refractivity contribution < 1.29 is 32.3 Å². The Morgan fingerprint density at radius 3 is 2.62 bits per heavy atom. The van der Waals surface area contributed by atoms with E-state index in [0.29, 0.717) is 37.1 Å². The van der Waals surface area contributed by atoms with Gasteiger partial charge >= 0.3 is 6.18 Å². The summed E-state index contributed by atoms with van der Waals surface area (Å²) in [5, 5.41) is 1.06. The van der Waals surface area contributed by atoms with Gasteiger partial charge in [-0.2, -0.15) is 13.2 Å². The quantitative estimate of drug-likeness (QED) is 0.529. The smallest absolute Gasteiger partial charge is 0.416 e. The lowest BCUT2D eigenvalue weighted by atomic mass is 9.88. The second-order valence-electron chi connectivity index (χ2n) is 7.40. The lowest BCUT2D eigenvalue weighted by molar-refractivity contribution is -0.168. The normalized spacial score (nSPS) is 18.6. The van der Waals surface area contributed by atoms with Crippen LogP contribution in [0, 0.1) is 0 Å². The molecule has 2 amide bonds. The maximum Gasteiger partial charge on any atom is 0.416 e. The molecule has 1 aromatic carbocycles. The summed E-state index contributed by atoms with van der Waals surface area (Å²) in [5.41, 5.74) is -0.757. The van der Waals surface area contributed by atoms with Crippen LogP contribution in [0.25, 0.3) is 5.70 Å². The van der Waals surface area contributed by atoms with E-state index in [4.69, 9.17) is 9.57 Å². The molecule has 2 heterocycles. The predicted octanol–water partition coefficient (Wildman–Crippen LogP) is 3.62. The van der Waals surface area contributed by atoms with E-state index in [1.807, 2.05) is 0 Å². The molecule has 1 aromatic rings. The molecular weight excluding hydrogens is 389 g/mol. The highest BCUT2D eigenvalue weighted by atomic mass is 19.4. The molecule has 29 heavy (non-hydrogen) atoms. The first kappa shape index (κ1) is 21.2. The van der Waals surface area contributed by atoms with E-state index in [1.54, 1.807) is 20.8 Å². The summed E-state index contributed by atoms with van der Waals surface area (Å²) in [5.74, 6) is 0.0862. The van der Waals surface area contributed by atoms with Crippen molar-refractivity contribution in [2.45, 2.75) is 45.4 Å². The van der Waals surface area contributed by atoms with Gasteiger partial charge in [0.05, 0.1) is 24.4 Å². The topological polar surface area (TPSA) is 59.1 Å². The fraction of sp³-hybridized carbons (Fsp3) is 0.500. The molecule has 0 aromatic heterocycles. The maximum absolute atomic E-state index is 13.3. The summed E-state index contributed by atoms with van der Waals surface area (Å²) in [7, 11) is 0. The van der Waals surface area contributed by atoms with Crippen molar-refractivity contribution in [3.63, 3.8) is 0 Å². The van der Waals surface area contributed by atoms with Crippen LogP contribution in [0.5, 0.6) is 5.75 Å². The van der Waals surface area contributed by atoms with Gasteiger partial charge in [0.1, 0.15) is 11.4 Å². The number of carbonyl (C=O) groups excluding carboxylic acids is 2. The van der Waals surface area contributed by atoms with Crippen LogP contribution in [0.3, 0.4) is 0 Å². The number of likely N-dealkylation sites (tertiary alicyclic amines) is 1. The Labute approximate surface area is 166 Å². The molecule has 0 radical (unpaired) electrons. The minimum atomic E-state index is -4.54. The molecular formula is C20H23F3N2O4. The van der Waals surface area contributed by atoms with Crippen LogP contribution in [-0.4, -0.2) is 47.6 Å². The molecule has 0 saturated carbocycles. The van der Waals surface area contributed by atoms with Crippen LogP contribution < -0.4 is 4.74 Å². The Hall–Kier alpha value is -2.55. The number of hydroxylamine groups is 2. The average molecular weight is 412 g/mol. The van der Waals surface area contributed by atoms with Crippen molar-refractivity contribution in [1.82, 2.24) is 9.96 Å². The molecule has 6 nitrogen and oxygen atoms in total. The molecule has 158 valence electrons. The van der Waals surface area contributed by atoms with E-state index < -0.39 is 17.3 Å². The van der Waals surface area contributed by atoms with Gasteiger partial charge in [0, 0.05) is 24.1 Å². The third-order valence-electron chi connectivity index (χ3n) is 5.01. The van der Waals surface area contributed by atoms with Crippen molar-refractivity contribution in [2.75, 3.05) is 19.7 Å². The van der Waals surface area contributed by atoms with E-state index in [1.165, 1.54) is 11.0 Å². The number of rotatable bonds is 6. The van der Waals surface area contributed by atoms with Gasteiger partial charge in [-0.15, -0.1) is 0 Å². The molecule has 2 aliphatic heterocycles. The van der Waals surface area contributed by atoms with E-state index in [0.717, 1.165) is 17.2 Å². The van der Waals surface area contributed by atoms with E-state index in [2.05, 4.69) is 0 Å². The largest absolute Gasteiger partial charge is 0.483 e. The predicted molar refractivity (Wildman–Crippen MR) is 98.4 cm³/mol. The lowest BCUT2D eigenvalue weighted by Gasteiger charge is -2.40. The summed E-state index contributed by atoms with van der Waals surface area (Å²) < 4.78 is 46.0. The van der Waals surface area contributed by atoms with Gasteiger partial charge in [-0.05, 0) is 45.4 Å². The second-order valence-corrected chi connectivity index (χ2v) is 7.40. The molecule has 9 heteroatoms. The Morgan fingerprint density at radius 1 is 1.34 bits per heavy atom. The number of fused-ring (bicyclic) bond motifs is 1. The third kappa shape index (κ3) is 4.10. The maximum atomic E-state index is 13.3. The summed E-state index contributed by atoms with van der Waals surface area (Å²) in [4.78, 5) is 30.7. The first-order valence-electron chi connectivity index (χ1n) is 9.38. The first-order chi connectivity index (χ1) is 13.6. The fourth-order valence-corrected chi connectivity index (χ4v) is 3.66. The van der Waals surface area contributed by atoms with Gasteiger partial charge in [-0.1, -0.05) is 0 Å². The minimum absolute atomic E-state index is 0.0425. The van der Waals surface area contributed by atoms with Crippen molar-refractivity contribution in [2.24, 2.45) is 0 Å². The lowest BCUT2D eigenvalue weighted by Crippen LogP contribution is -2.43. The van der Waals surface area contributed by atoms with Gasteiger partial charge < -0.3 is 9.64 Å². The zero-order chi connectivity index (χ0) is 21.4. The highest BCUT2D eigenvalue weighted by molar-refractivity contribution is 5.91. The number of halogens is 3. The highest BCUT2D eigenvalue weighted by Gasteiger charge is 2.42. The molecule has 0 N–H and O–H groups in total. The Kier molecular flexibility index (Phi) is 5.62. The second kappa shape index (κ2) is 7.70. The van der Waals surface area contributed by atoms with Crippen LogP contribution in [0.1, 0.15) is 44.7 Å². The number of carbonyl (C=O) groups is 2. The van der Waals surface area contributed by atoms with Crippen molar-refractivity contribution in [1.29, 1.82) is 0 Å². The number of ether oxygens (including phenoxy) is 1. The van der Waals surface area contributed by atoms with Gasteiger partial charge in [-0.3, -0.25) is 14.4 Å². The molecule has 1 fully saturated rings. The van der Waals surface area contributed by atoms with E-state index in [9.17, 15) is 22.8 Å². The van der Waals surface area contributed by atoms with Crippen molar-refractivity contribution >= 4 is 18.0 Å². The first-order valence-corrected chi connectivity index (χ1v) is 9.38. The number of nitrogens with zero attached hydrogens (tertiary/aromatic N) is 2. The summed E-state index contributed by atoms with van der Waals surface area (Å²) in [6.07, 6.45) is -3.12. The summed E-state index contributed by atoms with van der Waals surface area (Å²) in [6.45, 7) is 5.79. The van der Waals surface area contributed by atoms with Gasteiger partial charge in [0.2, 0.25) is 12.3 Å². The van der Waals surface area contributed by atoms with E-state index >= 15 is 0 Å². The molecule has 1 saturated heterocycles. The van der Waals surface area contributed by atoms with Gasteiger partial charge in [-0.25, -0.2) is 5.06 Å². The number of hydrogen-bond acceptors (Lipinski definition) is 4. The van der Waals surface area contributed by atoms with Crippen LogP contribution in [0.2, 0.25) is 0 Å². The van der Waals surface area contributed by atoms with Crippen LogP contribution in [0.15, 0.2) is 23.8 Å². The average Bonchev–Trinajstić information content (AvgIpc) is 3.05. The van der Waals surface area contributed by atoms with Gasteiger partial charge in [0.15, 0.2) is 0 Å². The molecule has 3 rings (SSSR count). The van der Waals surface area contributed by atoms with Crippen molar-refractivity contribution in [3.8, 4) is 5.75 Å². The van der Waals surface area contributed by atoms with E-state index in [-0.39, 0.29) is 30.4 Å². The van der Waals surface area contributed by atoms with Crippen LogP contribution >= 0.6 is 0 Å². The van der Waals surface area contributed by atoms with Crippen LogP contribution in [-0.2, 0) is 20.6 Å². The monoisotopic (exact) mass is 412 g/mol. The summed E-state index contributed by atoms with van der Waals surface area (Å²) in [6, 6.07) is 3.23. The Balaban J connectivity index is 2.22. The molecule has 0 unspecified atom stereocenters. The highest BCUT2D eigenvalue weighted by Crippen LogP contribution is 2.45. The minimum Gasteiger partial charge on any atom is -0.483 e. The molecule has 2 aliphatic rings. The van der Waals surface area contributed by atoms with Crippen LogP contribution in [0.4, 0.5) is 13.2 Å².